The first-order valence-electron chi connectivity index (χ1n) is 11.3. The van der Waals surface area contributed by atoms with Crippen LogP contribution in [-0.4, -0.2) is 39.2 Å². The zero-order valence-electron chi connectivity index (χ0n) is 22.5. The van der Waals surface area contributed by atoms with Crippen LogP contribution in [0, 0.1) is 0 Å². The van der Waals surface area contributed by atoms with Crippen molar-refractivity contribution in [3.05, 3.63) is 35.4 Å². The van der Waals surface area contributed by atoms with Gasteiger partial charge >= 0.3 is 26.2 Å². The molecule has 34 heavy (non-hydrogen) atoms. The summed E-state index contributed by atoms with van der Waals surface area (Å²) in [4.78, 5) is 13.2. The highest BCUT2D eigenvalue weighted by atomic mass is 31.2. The Balaban J connectivity index is 3.08. The van der Waals surface area contributed by atoms with Gasteiger partial charge in [0.1, 0.15) is 0 Å². The second-order valence-corrected chi connectivity index (χ2v) is 35.8. The fourth-order valence-electron chi connectivity index (χ4n) is 3.47. The van der Waals surface area contributed by atoms with Gasteiger partial charge in [-0.15, -0.1) is 0 Å². The highest BCUT2D eigenvalue weighted by Gasteiger charge is 2.75. The quantitative estimate of drug-likeness (QED) is 0.157. The zero-order chi connectivity index (χ0) is 26.6. The highest BCUT2D eigenvalue weighted by Crippen LogP contribution is 2.86. The number of hydrogen-bond donors (Lipinski definition) is 0. The third kappa shape index (κ3) is 6.59. The van der Waals surface area contributed by atoms with E-state index in [1.54, 1.807) is 24.3 Å². The minimum absolute atomic E-state index is 0.152. The number of carbonyl (C=O) groups is 1. The van der Waals surface area contributed by atoms with E-state index in [1.807, 2.05) is 78.6 Å². The first-order chi connectivity index (χ1) is 14.9. The molecule has 0 unspecified atom stereocenters. The number of rotatable bonds is 10. The minimum Gasteiger partial charge on any atom is -0.424 e. The van der Waals surface area contributed by atoms with Crippen molar-refractivity contribution < 1.29 is 35.5 Å². The van der Waals surface area contributed by atoms with Crippen molar-refractivity contribution >= 4 is 54.4 Å². The van der Waals surface area contributed by atoms with Crippen LogP contribution < -0.4 is 0 Å². The number of cyclic esters (lactones) is 1. The minimum atomic E-state index is -4.49. The van der Waals surface area contributed by atoms with E-state index in [-0.39, 0.29) is 11.1 Å². The topological polar surface area (TPSA) is 97.4 Å². The van der Waals surface area contributed by atoms with E-state index in [4.69, 9.17) is 21.6 Å². The van der Waals surface area contributed by atoms with Crippen LogP contribution in [0.2, 0.25) is 78.6 Å². The van der Waals surface area contributed by atoms with Crippen molar-refractivity contribution in [1.82, 2.24) is 0 Å². The third-order valence-corrected chi connectivity index (χ3v) is 20.3. The summed E-state index contributed by atoms with van der Waals surface area (Å²) in [5.74, 6) is -0.757. The summed E-state index contributed by atoms with van der Waals surface area (Å²) in [5.41, 5.74) is 0.319. The number of ether oxygens (including phenoxy) is 1. The van der Waals surface area contributed by atoms with E-state index in [0.717, 1.165) is 0 Å². The molecule has 1 aliphatic heterocycles. The number of fused-ring (bicyclic) bond motifs is 1. The Labute approximate surface area is 208 Å². The Hall–Kier alpha value is -0.142. The van der Waals surface area contributed by atoms with Crippen molar-refractivity contribution in [2.24, 2.45) is 0 Å². The van der Waals surface area contributed by atoms with Crippen molar-refractivity contribution in [3.63, 3.8) is 0 Å². The van der Waals surface area contributed by atoms with Gasteiger partial charge in [-0.05, 0) is 84.6 Å². The number of esters is 1. The summed E-state index contributed by atoms with van der Waals surface area (Å²) < 4.78 is 61.4. The fourth-order valence-corrected chi connectivity index (χ4v) is 22.0. The van der Waals surface area contributed by atoms with Crippen molar-refractivity contribution in [2.75, 3.05) is 0 Å². The summed E-state index contributed by atoms with van der Waals surface area (Å²) in [5, 5.41) is -2.35. The fraction of sp³-hybridized carbons (Fsp3) is 0.650. The average molecular weight is 583 g/mol. The molecule has 0 aliphatic carbocycles. The molecule has 0 fully saturated rings. The molecule has 2 rings (SSSR count). The predicted molar refractivity (Wildman–Crippen MR) is 146 cm³/mol. The lowest BCUT2D eigenvalue weighted by atomic mass is 10.1. The van der Waals surface area contributed by atoms with Crippen molar-refractivity contribution in [3.8, 4) is 0 Å². The van der Waals surface area contributed by atoms with Crippen LogP contribution in [0.5, 0.6) is 0 Å². The summed E-state index contributed by atoms with van der Waals surface area (Å²) >= 11 is 0. The van der Waals surface area contributed by atoms with E-state index in [0.29, 0.717) is 0 Å². The SMILES string of the molecule is C[Si](C)(C)OP(=O)(O[Si](C)(C)C)C1(P(=O)(O[Si](C)(C)C)O[Si](C)(C)C)OC(=O)c2ccccc21. The summed E-state index contributed by atoms with van der Waals surface area (Å²) in [6.45, 7) is 22.3. The summed E-state index contributed by atoms with van der Waals surface area (Å²) in [7, 11) is -19.4. The van der Waals surface area contributed by atoms with Gasteiger partial charge in [-0.25, -0.2) is 4.79 Å². The van der Waals surface area contributed by atoms with Gasteiger partial charge < -0.3 is 21.6 Å². The molecule has 0 radical (unpaired) electrons. The molecule has 0 atom stereocenters. The Bertz CT molecular complexity index is 945. The molecule has 1 aromatic rings. The molecule has 0 saturated heterocycles. The lowest BCUT2D eigenvalue weighted by Gasteiger charge is -2.45. The lowest BCUT2D eigenvalue weighted by Crippen LogP contribution is -2.43. The highest BCUT2D eigenvalue weighted by molar-refractivity contribution is 7.75. The molecule has 0 bridgehead atoms. The van der Waals surface area contributed by atoms with E-state index in [1.165, 1.54) is 0 Å². The normalized spacial score (nSPS) is 17.5. The van der Waals surface area contributed by atoms with Gasteiger partial charge in [-0.2, -0.15) is 0 Å². The van der Waals surface area contributed by atoms with Crippen LogP contribution in [0.1, 0.15) is 15.9 Å². The molecule has 0 saturated carbocycles. The van der Waals surface area contributed by atoms with Crippen LogP contribution in [0.25, 0.3) is 0 Å². The molecule has 14 heteroatoms. The van der Waals surface area contributed by atoms with E-state index in [9.17, 15) is 4.79 Å². The third-order valence-electron chi connectivity index (χ3n) is 4.05. The van der Waals surface area contributed by atoms with Crippen molar-refractivity contribution in [2.45, 2.75) is 83.6 Å². The molecule has 1 aliphatic rings. The zero-order valence-corrected chi connectivity index (χ0v) is 28.3. The molecule has 0 amide bonds. The number of benzene rings is 1. The van der Waals surface area contributed by atoms with Crippen LogP contribution in [0.4, 0.5) is 0 Å². The molecule has 0 aromatic heterocycles. The Kier molecular flexibility index (Phi) is 8.24. The summed E-state index contributed by atoms with van der Waals surface area (Å²) in [6, 6.07) is 6.49. The molecular weight excluding hydrogens is 543 g/mol. The molecule has 1 heterocycles. The Morgan fingerprint density at radius 3 is 1.29 bits per heavy atom. The van der Waals surface area contributed by atoms with E-state index in [2.05, 4.69) is 0 Å². The smallest absolute Gasteiger partial charge is 0.372 e. The maximum atomic E-state index is 15.1. The molecule has 0 spiro atoms. The molecule has 1 aromatic carbocycles. The van der Waals surface area contributed by atoms with Crippen molar-refractivity contribution in [1.29, 1.82) is 0 Å². The van der Waals surface area contributed by atoms with Gasteiger partial charge in [-0.1, -0.05) is 18.2 Å². The molecule has 0 N–H and O–H groups in total. The second-order valence-electron chi connectivity index (χ2n) is 12.4. The van der Waals surface area contributed by atoms with E-state index >= 15 is 9.13 Å². The van der Waals surface area contributed by atoms with Gasteiger partial charge in [0.2, 0.25) is 0 Å². The first kappa shape index (κ1) is 30.1. The standard InChI is InChI=1S/C20H40O8P2Si4/c1-31(2,3)25-29(22,26-32(4,5)6)20(18-16-14-13-15-17(18)19(21)24-20)30(23,27-33(7,8)9)28-34(10,11)12/h13-16H,1-12H3. The van der Waals surface area contributed by atoms with Gasteiger partial charge in [0, 0.05) is 5.56 Å². The van der Waals surface area contributed by atoms with Gasteiger partial charge in [0.05, 0.1) is 5.56 Å². The Morgan fingerprint density at radius 2 is 0.971 bits per heavy atom. The first-order valence-corrected chi connectivity index (χ1v) is 28.0. The predicted octanol–water partition coefficient (Wildman–Crippen LogP) is 7.76. The Morgan fingerprint density at radius 1 is 0.647 bits per heavy atom. The van der Waals surface area contributed by atoms with Crippen LogP contribution in [0.15, 0.2) is 24.3 Å². The van der Waals surface area contributed by atoms with Gasteiger partial charge in [-0.3, -0.25) is 9.13 Å². The average Bonchev–Trinajstić information content (AvgIpc) is 2.83. The molecular formula is C20H40O8P2Si4. The number of hydrogen-bond acceptors (Lipinski definition) is 8. The van der Waals surface area contributed by atoms with Gasteiger partial charge in [0.25, 0.3) is 0 Å². The van der Waals surface area contributed by atoms with Gasteiger partial charge in [0.15, 0.2) is 33.3 Å². The number of carbonyl (C=O) groups excluding carboxylic acids is 1. The summed E-state index contributed by atoms with van der Waals surface area (Å²) in [6.07, 6.45) is 0. The van der Waals surface area contributed by atoms with E-state index < -0.39 is 59.5 Å². The largest absolute Gasteiger partial charge is 0.424 e. The lowest BCUT2D eigenvalue weighted by molar-refractivity contribution is 0.0336. The molecule has 194 valence electrons. The van der Waals surface area contributed by atoms with Crippen LogP contribution >= 0.6 is 15.2 Å². The molecule has 8 nitrogen and oxygen atoms in total. The maximum absolute atomic E-state index is 15.1. The van der Waals surface area contributed by atoms with Crippen LogP contribution in [-0.2, 0) is 35.8 Å². The van der Waals surface area contributed by atoms with Crippen LogP contribution in [0.3, 0.4) is 0 Å². The maximum Gasteiger partial charge on any atom is 0.372 e. The monoisotopic (exact) mass is 582 g/mol. The second kappa shape index (κ2) is 9.31.